The average molecular weight is 235 g/mol. The molecule has 0 heterocycles. The van der Waals surface area contributed by atoms with Crippen molar-refractivity contribution in [1.29, 1.82) is 0 Å². The first-order valence-electron chi connectivity index (χ1n) is 5.53. The number of carbonyl (C=O) groups excluding carboxylic acids is 1. The number of hydrogen-bond donors (Lipinski definition) is 2. The van der Waals surface area contributed by atoms with E-state index in [9.17, 15) is 15.0 Å². The van der Waals surface area contributed by atoms with Crippen molar-refractivity contribution in [1.82, 2.24) is 4.90 Å². The summed E-state index contributed by atoms with van der Waals surface area (Å²) in [7, 11) is 0. The van der Waals surface area contributed by atoms with Crippen molar-refractivity contribution in [2.24, 2.45) is 0 Å². The minimum absolute atomic E-state index is 0.0530. The maximum Gasteiger partial charge on any atom is 0.261 e. The molecule has 0 aliphatic carbocycles. The highest BCUT2D eigenvalue weighted by molar-refractivity contribution is 5.99. The predicted octanol–water partition coefficient (Wildman–Crippen LogP) is 2.14. The van der Waals surface area contributed by atoms with Gasteiger partial charge in [0.1, 0.15) is 17.1 Å². The fourth-order valence-corrected chi connectivity index (χ4v) is 1.61. The Hall–Kier alpha value is -1.97. The molecule has 4 heteroatoms. The minimum Gasteiger partial charge on any atom is -0.507 e. The van der Waals surface area contributed by atoms with Crippen LogP contribution in [0.5, 0.6) is 11.5 Å². The Morgan fingerprint density at radius 2 is 2.00 bits per heavy atom. The molecule has 0 bridgehead atoms. The Morgan fingerprint density at radius 3 is 2.47 bits per heavy atom. The zero-order valence-corrected chi connectivity index (χ0v) is 9.89. The van der Waals surface area contributed by atoms with E-state index in [-0.39, 0.29) is 23.0 Å². The number of rotatable bonds is 5. The number of phenols is 2. The van der Waals surface area contributed by atoms with Gasteiger partial charge in [-0.05, 0) is 18.6 Å². The number of hydrogen-bond acceptors (Lipinski definition) is 3. The van der Waals surface area contributed by atoms with E-state index in [2.05, 4.69) is 6.58 Å². The van der Waals surface area contributed by atoms with Crippen LogP contribution >= 0.6 is 0 Å². The van der Waals surface area contributed by atoms with Crippen molar-refractivity contribution < 1.29 is 15.0 Å². The van der Waals surface area contributed by atoms with Crippen LogP contribution in [-0.4, -0.2) is 34.1 Å². The molecule has 0 aliphatic rings. The van der Waals surface area contributed by atoms with Gasteiger partial charge in [-0.2, -0.15) is 0 Å². The fourth-order valence-electron chi connectivity index (χ4n) is 1.61. The Bertz CT molecular complexity index is 395. The first kappa shape index (κ1) is 13.1. The van der Waals surface area contributed by atoms with Crippen LogP contribution in [0.4, 0.5) is 0 Å². The fraction of sp³-hybridized carbons (Fsp3) is 0.308. The molecule has 0 aromatic heterocycles. The van der Waals surface area contributed by atoms with E-state index >= 15 is 0 Å². The Balaban J connectivity index is 3.04. The predicted molar refractivity (Wildman–Crippen MR) is 66.2 cm³/mol. The van der Waals surface area contributed by atoms with Crippen molar-refractivity contribution in [2.75, 3.05) is 13.1 Å². The highest BCUT2D eigenvalue weighted by Gasteiger charge is 2.20. The van der Waals surface area contributed by atoms with E-state index in [1.54, 1.807) is 6.08 Å². The first-order chi connectivity index (χ1) is 8.11. The third kappa shape index (κ3) is 3.00. The van der Waals surface area contributed by atoms with Gasteiger partial charge in [-0.15, -0.1) is 6.58 Å². The molecule has 92 valence electrons. The normalized spacial score (nSPS) is 9.94. The van der Waals surface area contributed by atoms with Gasteiger partial charge in [-0.3, -0.25) is 4.79 Å². The van der Waals surface area contributed by atoms with Crippen LogP contribution in [-0.2, 0) is 0 Å². The van der Waals surface area contributed by atoms with Gasteiger partial charge < -0.3 is 15.1 Å². The molecular formula is C13H17NO3. The third-order valence-electron chi connectivity index (χ3n) is 2.36. The van der Waals surface area contributed by atoms with Crippen molar-refractivity contribution in [3.05, 3.63) is 36.4 Å². The maximum absolute atomic E-state index is 12.1. The number of amides is 1. The summed E-state index contributed by atoms with van der Waals surface area (Å²) < 4.78 is 0. The zero-order valence-electron chi connectivity index (χ0n) is 9.89. The van der Waals surface area contributed by atoms with Gasteiger partial charge in [-0.1, -0.05) is 19.1 Å². The van der Waals surface area contributed by atoms with Gasteiger partial charge in [0.25, 0.3) is 5.91 Å². The highest BCUT2D eigenvalue weighted by Crippen LogP contribution is 2.27. The monoisotopic (exact) mass is 235 g/mol. The number of aromatic hydroxyl groups is 2. The molecule has 0 spiro atoms. The lowest BCUT2D eigenvalue weighted by molar-refractivity contribution is 0.0768. The van der Waals surface area contributed by atoms with Gasteiger partial charge in [-0.25, -0.2) is 0 Å². The lowest BCUT2D eigenvalue weighted by Crippen LogP contribution is -2.32. The lowest BCUT2D eigenvalue weighted by Gasteiger charge is -2.21. The van der Waals surface area contributed by atoms with E-state index in [1.807, 2.05) is 6.92 Å². The van der Waals surface area contributed by atoms with Crippen molar-refractivity contribution in [2.45, 2.75) is 13.3 Å². The Labute approximate surface area is 101 Å². The molecule has 0 unspecified atom stereocenters. The van der Waals surface area contributed by atoms with Gasteiger partial charge in [0.15, 0.2) is 0 Å². The lowest BCUT2D eigenvalue weighted by atomic mass is 10.1. The summed E-state index contributed by atoms with van der Waals surface area (Å²) >= 11 is 0. The molecule has 1 aromatic rings. The third-order valence-corrected chi connectivity index (χ3v) is 2.36. The summed E-state index contributed by atoms with van der Waals surface area (Å²) in [6.45, 7) is 6.48. The molecule has 1 aromatic carbocycles. The SMILES string of the molecule is C=CCN(CCC)C(=O)c1c(O)cccc1O. The summed E-state index contributed by atoms with van der Waals surface area (Å²) in [5, 5.41) is 19.2. The summed E-state index contributed by atoms with van der Waals surface area (Å²) in [5.74, 6) is -0.803. The van der Waals surface area contributed by atoms with Crippen molar-refractivity contribution >= 4 is 5.91 Å². The molecule has 1 amide bonds. The molecule has 0 radical (unpaired) electrons. The highest BCUT2D eigenvalue weighted by atomic mass is 16.3. The molecule has 0 fully saturated rings. The quantitative estimate of drug-likeness (QED) is 0.769. The van der Waals surface area contributed by atoms with Crippen LogP contribution in [0.2, 0.25) is 0 Å². The number of benzene rings is 1. The van der Waals surface area contributed by atoms with E-state index < -0.39 is 0 Å². The molecule has 0 aliphatic heterocycles. The average Bonchev–Trinajstić information content (AvgIpc) is 2.28. The second-order valence-corrected chi connectivity index (χ2v) is 3.71. The topological polar surface area (TPSA) is 60.8 Å². The summed E-state index contributed by atoms with van der Waals surface area (Å²) in [6, 6.07) is 4.25. The van der Waals surface area contributed by atoms with Crippen LogP contribution in [0.1, 0.15) is 23.7 Å². The van der Waals surface area contributed by atoms with Crippen LogP contribution in [0.25, 0.3) is 0 Å². The van der Waals surface area contributed by atoms with Crippen LogP contribution in [0.3, 0.4) is 0 Å². The number of phenolic OH excluding ortho intramolecular Hbond substituents is 2. The zero-order chi connectivity index (χ0) is 12.8. The van der Waals surface area contributed by atoms with Gasteiger partial charge >= 0.3 is 0 Å². The Morgan fingerprint density at radius 1 is 1.41 bits per heavy atom. The van der Waals surface area contributed by atoms with E-state index in [4.69, 9.17) is 0 Å². The molecule has 0 saturated heterocycles. The molecule has 4 nitrogen and oxygen atoms in total. The molecule has 0 saturated carbocycles. The van der Waals surface area contributed by atoms with Crippen LogP contribution in [0.15, 0.2) is 30.9 Å². The van der Waals surface area contributed by atoms with E-state index in [0.29, 0.717) is 13.1 Å². The van der Waals surface area contributed by atoms with Gasteiger partial charge in [0.05, 0.1) is 0 Å². The summed E-state index contributed by atoms with van der Waals surface area (Å²) in [6.07, 6.45) is 2.42. The van der Waals surface area contributed by atoms with Crippen LogP contribution in [0, 0.1) is 0 Å². The molecule has 17 heavy (non-hydrogen) atoms. The number of nitrogens with zero attached hydrogens (tertiary/aromatic N) is 1. The second-order valence-electron chi connectivity index (χ2n) is 3.71. The Kier molecular flexibility index (Phi) is 4.57. The van der Waals surface area contributed by atoms with Crippen LogP contribution < -0.4 is 0 Å². The van der Waals surface area contributed by atoms with Crippen molar-refractivity contribution in [3.63, 3.8) is 0 Å². The van der Waals surface area contributed by atoms with Gasteiger partial charge in [0, 0.05) is 13.1 Å². The maximum atomic E-state index is 12.1. The molecule has 0 atom stereocenters. The number of carbonyl (C=O) groups is 1. The standard InChI is InChI=1S/C13H17NO3/c1-3-8-14(9-4-2)13(17)12-10(15)6-5-7-11(12)16/h3,5-7,15-16H,1,4,8-9H2,2H3. The van der Waals surface area contributed by atoms with E-state index in [0.717, 1.165) is 6.42 Å². The van der Waals surface area contributed by atoms with Crippen molar-refractivity contribution in [3.8, 4) is 11.5 Å². The van der Waals surface area contributed by atoms with Gasteiger partial charge in [0.2, 0.25) is 0 Å². The largest absolute Gasteiger partial charge is 0.507 e. The minimum atomic E-state index is -0.387. The first-order valence-corrected chi connectivity index (χ1v) is 5.53. The summed E-state index contributed by atoms with van der Waals surface area (Å²) in [4.78, 5) is 13.7. The smallest absolute Gasteiger partial charge is 0.261 e. The van der Waals surface area contributed by atoms with E-state index in [1.165, 1.54) is 23.1 Å². The summed E-state index contributed by atoms with van der Waals surface area (Å²) in [5.41, 5.74) is -0.0530. The molecule has 1 rings (SSSR count). The second kappa shape index (κ2) is 5.94. The molecule has 2 N–H and O–H groups in total. The molecular weight excluding hydrogens is 218 g/mol.